The lowest BCUT2D eigenvalue weighted by atomic mass is 9.68. The van der Waals surface area contributed by atoms with Crippen LogP contribution in [0, 0.1) is 5.41 Å². The Bertz CT molecular complexity index is 443. The van der Waals surface area contributed by atoms with Crippen molar-refractivity contribution in [1.82, 2.24) is 9.78 Å². The van der Waals surface area contributed by atoms with Crippen LogP contribution in [0.15, 0.2) is 12.4 Å². The average molecular weight is 294 g/mol. The summed E-state index contributed by atoms with van der Waals surface area (Å²) in [6.45, 7) is 10.3. The second-order valence-corrected chi connectivity index (χ2v) is 7.10. The van der Waals surface area contributed by atoms with Gasteiger partial charge in [-0.25, -0.2) is 0 Å². The second-order valence-electron chi connectivity index (χ2n) is 7.10. The summed E-state index contributed by atoms with van der Waals surface area (Å²) in [5, 5.41) is 15.2. The molecule has 0 amide bonds. The highest BCUT2D eigenvalue weighted by molar-refractivity contribution is 5.15. The fourth-order valence-electron chi connectivity index (χ4n) is 3.31. The fourth-order valence-corrected chi connectivity index (χ4v) is 3.31. The SMILES string of the molecule is CCCn1cc(C(O)C2(OCC)CCC(C)(C)CC2)cn1. The quantitative estimate of drug-likeness (QED) is 0.870. The minimum Gasteiger partial charge on any atom is -0.385 e. The van der Waals surface area contributed by atoms with E-state index in [9.17, 15) is 5.11 Å². The number of hydrogen-bond acceptors (Lipinski definition) is 3. The van der Waals surface area contributed by atoms with Crippen molar-refractivity contribution in [3.63, 3.8) is 0 Å². The van der Waals surface area contributed by atoms with Crippen molar-refractivity contribution >= 4 is 0 Å². The molecule has 1 aromatic rings. The molecule has 1 unspecified atom stereocenters. The lowest BCUT2D eigenvalue weighted by Crippen LogP contribution is -2.44. The van der Waals surface area contributed by atoms with Crippen LogP contribution >= 0.6 is 0 Å². The number of aromatic nitrogens is 2. The van der Waals surface area contributed by atoms with Crippen molar-refractivity contribution in [2.45, 2.75) is 78.0 Å². The molecule has 120 valence electrons. The van der Waals surface area contributed by atoms with E-state index in [0.29, 0.717) is 12.0 Å². The summed E-state index contributed by atoms with van der Waals surface area (Å²) in [5.41, 5.74) is 0.799. The van der Waals surface area contributed by atoms with E-state index in [0.717, 1.165) is 44.2 Å². The topological polar surface area (TPSA) is 47.3 Å². The maximum absolute atomic E-state index is 10.9. The Labute approximate surface area is 128 Å². The first-order valence-corrected chi connectivity index (χ1v) is 8.27. The molecule has 1 saturated carbocycles. The molecule has 4 nitrogen and oxygen atoms in total. The van der Waals surface area contributed by atoms with Crippen LogP contribution in [0.1, 0.15) is 71.5 Å². The van der Waals surface area contributed by atoms with E-state index in [2.05, 4.69) is 25.9 Å². The van der Waals surface area contributed by atoms with Crippen molar-refractivity contribution < 1.29 is 9.84 Å². The maximum Gasteiger partial charge on any atom is 0.111 e. The average Bonchev–Trinajstić information content (AvgIpc) is 2.90. The predicted molar refractivity (Wildman–Crippen MR) is 84.1 cm³/mol. The van der Waals surface area contributed by atoms with Crippen LogP contribution in [0.2, 0.25) is 0 Å². The molecule has 0 saturated heterocycles. The number of aliphatic hydroxyl groups is 1. The zero-order valence-corrected chi connectivity index (χ0v) is 13.9. The molecule has 1 aliphatic carbocycles. The summed E-state index contributed by atoms with van der Waals surface area (Å²) in [6, 6.07) is 0. The molecule has 0 aliphatic heterocycles. The lowest BCUT2D eigenvalue weighted by Gasteiger charge is -2.45. The van der Waals surface area contributed by atoms with Gasteiger partial charge in [0.2, 0.25) is 0 Å². The Balaban J connectivity index is 2.16. The Morgan fingerprint density at radius 1 is 1.29 bits per heavy atom. The van der Waals surface area contributed by atoms with Gasteiger partial charge in [-0.05, 0) is 44.4 Å². The van der Waals surface area contributed by atoms with Crippen LogP contribution in [0.5, 0.6) is 0 Å². The van der Waals surface area contributed by atoms with E-state index in [1.165, 1.54) is 0 Å². The molecule has 4 heteroatoms. The standard InChI is InChI=1S/C17H30N2O2/c1-5-11-19-13-14(12-18-19)15(20)17(21-6-2)9-7-16(3,4)8-10-17/h12-13,15,20H,5-11H2,1-4H3. The second kappa shape index (κ2) is 6.49. The minimum atomic E-state index is -0.584. The first-order valence-electron chi connectivity index (χ1n) is 8.27. The normalized spacial score (nSPS) is 22.1. The summed E-state index contributed by atoms with van der Waals surface area (Å²) in [5.74, 6) is 0. The van der Waals surface area contributed by atoms with Gasteiger partial charge in [0.15, 0.2) is 0 Å². The number of ether oxygens (including phenoxy) is 1. The van der Waals surface area contributed by atoms with Crippen molar-refractivity contribution in [2.24, 2.45) is 5.41 Å². The Kier molecular flexibility index (Phi) is 5.10. The Morgan fingerprint density at radius 2 is 1.95 bits per heavy atom. The molecule has 2 rings (SSSR count). The van der Waals surface area contributed by atoms with Gasteiger partial charge in [-0.2, -0.15) is 5.10 Å². The Hall–Kier alpha value is -0.870. The van der Waals surface area contributed by atoms with Gasteiger partial charge in [0.1, 0.15) is 6.10 Å². The van der Waals surface area contributed by atoms with Crippen LogP contribution < -0.4 is 0 Å². The summed E-state index contributed by atoms with van der Waals surface area (Å²) < 4.78 is 7.97. The van der Waals surface area contributed by atoms with Gasteiger partial charge in [-0.3, -0.25) is 4.68 Å². The van der Waals surface area contributed by atoms with Crippen LogP contribution in [0.3, 0.4) is 0 Å². The molecule has 0 spiro atoms. The highest BCUT2D eigenvalue weighted by Crippen LogP contribution is 2.47. The van der Waals surface area contributed by atoms with Gasteiger partial charge in [0.05, 0.1) is 11.8 Å². The van der Waals surface area contributed by atoms with Gasteiger partial charge in [0.25, 0.3) is 0 Å². The molecule has 0 radical (unpaired) electrons. The van der Waals surface area contributed by atoms with Crippen molar-refractivity contribution in [1.29, 1.82) is 0 Å². The number of aliphatic hydroxyl groups excluding tert-OH is 1. The molecule has 1 heterocycles. The number of nitrogens with zero attached hydrogens (tertiary/aromatic N) is 2. The van der Waals surface area contributed by atoms with E-state index >= 15 is 0 Å². The summed E-state index contributed by atoms with van der Waals surface area (Å²) in [6.07, 6.45) is 8.22. The number of aryl methyl sites for hydroxylation is 1. The van der Waals surface area contributed by atoms with Gasteiger partial charge in [-0.15, -0.1) is 0 Å². The third kappa shape index (κ3) is 3.67. The van der Waals surface area contributed by atoms with Crippen LogP contribution in [-0.2, 0) is 11.3 Å². The zero-order chi connectivity index (χ0) is 15.5. The molecule has 21 heavy (non-hydrogen) atoms. The van der Waals surface area contributed by atoms with Crippen molar-refractivity contribution in [3.8, 4) is 0 Å². The summed E-state index contributed by atoms with van der Waals surface area (Å²) in [7, 11) is 0. The van der Waals surface area contributed by atoms with E-state index in [1.54, 1.807) is 6.20 Å². The molecule has 0 aromatic carbocycles. The van der Waals surface area contributed by atoms with Gasteiger partial charge >= 0.3 is 0 Å². The molecule has 1 aromatic heterocycles. The zero-order valence-electron chi connectivity index (χ0n) is 13.9. The van der Waals surface area contributed by atoms with Gasteiger partial charge < -0.3 is 9.84 Å². The third-order valence-corrected chi connectivity index (χ3v) is 4.80. The minimum absolute atomic E-state index is 0.354. The fraction of sp³-hybridized carbons (Fsp3) is 0.824. The smallest absolute Gasteiger partial charge is 0.111 e. The Morgan fingerprint density at radius 3 is 2.52 bits per heavy atom. The van der Waals surface area contributed by atoms with E-state index in [-0.39, 0.29) is 0 Å². The molecule has 0 bridgehead atoms. The highest BCUT2D eigenvalue weighted by atomic mass is 16.5. The summed E-state index contributed by atoms with van der Waals surface area (Å²) >= 11 is 0. The molecular formula is C17H30N2O2. The lowest BCUT2D eigenvalue weighted by molar-refractivity contribution is -0.153. The molecular weight excluding hydrogens is 264 g/mol. The van der Waals surface area contributed by atoms with Crippen molar-refractivity contribution in [3.05, 3.63) is 18.0 Å². The molecule has 1 aliphatic rings. The van der Waals surface area contributed by atoms with Crippen LogP contribution in [0.25, 0.3) is 0 Å². The maximum atomic E-state index is 10.9. The van der Waals surface area contributed by atoms with Gasteiger partial charge in [-0.1, -0.05) is 20.8 Å². The van der Waals surface area contributed by atoms with E-state index in [1.807, 2.05) is 17.8 Å². The third-order valence-electron chi connectivity index (χ3n) is 4.80. The summed E-state index contributed by atoms with van der Waals surface area (Å²) in [4.78, 5) is 0. The first-order chi connectivity index (χ1) is 9.92. The van der Waals surface area contributed by atoms with Crippen molar-refractivity contribution in [2.75, 3.05) is 6.61 Å². The largest absolute Gasteiger partial charge is 0.385 e. The van der Waals surface area contributed by atoms with Crippen LogP contribution in [0.4, 0.5) is 0 Å². The van der Waals surface area contributed by atoms with E-state index in [4.69, 9.17) is 4.74 Å². The first kappa shape index (κ1) is 16.5. The molecule has 1 atom stereocenters. The van der Waals surface area contributed by atoms with Crippen LogP contribution in [-0.4, -0.2) is 27.1 Å². The molecule has 1 fully saturated rings. The van der Waals surface area contributed by atoms with E-state index < -0.39 is 11.7 Å². The monoisotopic (exact) mass is 294 g/mol. The molecule has 1 N–H and O–H groups in total. The highest BCUT2D eigenvalue weighted by Gasteiger charge is 2.45. The number of hydrogen-bond donors (Lipinski definition) is 1. The predicted octanol–water partition coefficient (Wildman–Crippen LogP) is 3.70. The number of rotatable bonds is 6. The van der Waals surface area contributed by atoms with Gasteiger partial charge in [0, 0.05) is 24.9 Å².